The third-order valence-corrected chi connectivity index (χ3v) is 15.0. The van der Waals surface area contributed by atoms with Crippen LogP contribution in [0.4, 0.5) is 0 Å². The topological polar surface area (TPSA) is 95.9 Å². The fourth-order valence-corrected chi connectivity index (χ4v) is 10.0. The molecule has 0 spiro atoms. The third kappa shape index (κ3) is 57.5. The minimum Gasteiger partial charge on any atom is -0.466 e. The number of esters is 1. The first-order valence-corrected chi connectivity index (χ1v) is 32.1. The van der Waals surface area contributed by atoms with Gasteiger partial charge in [-0.3, -0.25) is 9.59 Å². The van der Waals surface area contributed by atoms with E-state index in [9.17, 15) is 19.8 Å². The summed E-state index contributed by atoms with van der Waals surface area (Å²) in [6.45, 7) is 4.93. The molecule has 0 aliphatic heterocycles. The van der Waals surface area contributed by atoms with Crippen LogP contribution in [0.15, 0.2) is 24.3 Å². The number of carbonyl (C=O) groups is 2. The van der Waals surface area contributed by atoms with Crippen LogP contribution in [-0.4, -0.2) is 47.4 Å². The van der Waals surface area contributed by atoms with Crippen molar-refractivity contribution in [3.8, 4) is 0 Å². The number of unbranched alkanes of at least 4 members (excludes halogenated alkanes) is 45. The normalized spacial score (nSPS) is 12.7. The fraction of sp³-hybridized carbons (Fsp3) is 0.908. The number of rotatable bonds is 60. The van der Waals surface area contributed by atoms with E-state index in [-0.39, 0.29) is 18.5 Å². The van der Waals surface area contributed by atoms with E-state index in [0.717, 1.165) is 44.9 Å². The molecule has 6 nitrogen and oxygen atoms in total. The Bertz CT molecular complexity index is 1110. The van der Waals surface area contributed by atoms with E-state index >= 15 is 0 Å². The van der Waals surface area contributed by atoms with Gasteiger partial charge in [0, 0.05) is 12.8 Å². The summed E-state index contributed by atoms with van der Waals surface area (Å²) < 4.78 is 5.46. The maximum absolute atomic E-state index is 12.5. The number of hydrogen-bond acceptors (Lipinski definition) is 5. The van der Waals surface area contributed by atoms with Crippen LogP contribution >= 0.6 is 0 Å². The zero-order chi connectivity index (χ0) is 51.4. The molecule has 0 fully saturated rings. The predicted octanol–water partition coefficient (Wildman–Crippen LogP) is 20.2. The van der Waals surface area contributed by atoms with Gasteiger partial charge in [-0.15, -0.1) is 0 Å². The van der Waals surface area contributed by atoms with Crippen LogP contribution in [0.3, 0.4) is 0 Å². The van der Waals surface area contributed by atoms with Gasteiger partial charge in [0.2, 0.25) is 5.91 Å². The first-order valence-electron chi connectivity index (χ1n) is 32.1. The van der Waals surface area contributed by atoms with Gasteiger partial charge in [-0.05, 0) is 70.6 Å². The largest absolute Gasteiger partial charge is 0.466 e. The highest BCUT2D eigenvalue weighted by molar-refractivity contribution is 5.76. The van der Waals surface area contributed by atoms with Crippen molar-refractivity contribution in [2.45, 2.75) is 366 Å². The van der Waals surface area contributed by atoms with Crippen molar-refractivity contribution >= 4 is 11.9 Å². The minimum atomic E-state index is -0.670. The summed E-state index contributed by atoms with van der Waals surface area (Å²) in [5.41, 5.74) is 0. The summed E-state index contributed by atoms with van der Waals surface area (Å²) in [5.74, 6) is -0.0416. The summed E-state index contributed by atoms with van der Waals surface area (Å²) >= 11 is 0. The number of allylic oxidation sites excluding steroid dienone is 4. The first-order chi connectivity index (χ1) is 35.0. The van der Waals surface area contributed by atoms with Crippen LogP contribution < -0.4 is 5.32 Å². The molecule has 0 bridgehead atoms. The van der Waals surface area contributed by atoms with Gasteiger partial charge in [0.15, 0.2) is 0 Å². The van der Waals surface area contributed by atoms with Crippen LogP contribution in [0.2, 0.25) is 0 Å². The van der Waals surface area contributed by atoms with Gasteiger partial charge >= 0.3 is 5.97 Å². The lowest BCUT2D eigenvalue weighted by Gasteiger charge is -2.22. The Balaban J connectivity index is 3.43. The Morgan fingerprint density at radius 1 is 0.380 bits per heavy atom. The highest BCUT2D eigenvalue weighted by Gasteiger charge is 2.20. The van der Waals surface area contributed by atoms with Crippen LogP contribution in [0.1, 0.15) is 354 Å². The standard InChI is InChI=1S/C65H125NO5/c1-3-5-7-9-11-13-15-16-17-18-19-20-22-25-28-31-34-38-41-45-49-53-57-63(68)62(61-67)66-64(69)58-54-50-46-42-39-35-32-29-26-23-21-24-27-30-33-36-40-44-48-52-56-60-71-65(70)59-55-51-47-43-37-14-12-10-8-6-4-2/h10,12,23,26,62-63,67-68H,3-9,11,13-22,24-25,27-61H2,1-2H3,(H,66,69)/b12-10-,26-23-. The number of amides is 1. The zero-order valence-electron chi connectivity index (χ0n) is 48.0. The lowest BCUT2D eigenvalue weighted by molar-refractivity contribution is -0.143. The van der Waals surface area contributed by atoms with Crippen molar-refractivity contribution in [3.05, 3.63) is 24.3 Å². The molecule has 0 radical (unpaired) electrons. The molecule has 6 heteroatoms. The molecule has 0 saturated heterocycles. The Morgan fingerprint density at radius 3 is 1.04 bits per heavy atom. The predicted molar refractivity (Wildman–Crippen MR) is 310 cm³/mol. The maximum Gasteiger partial charge on any atom is 0.305 e. The third-order valence-electron chi connectivity index (χ3n) is 15.0. The number of aliphatic hydroxyl groups is 2. The van der Waals surface area contributed by atoms with Gasteiger partial charge in [-0.25, -0.2) is 0 Å². The quantitative estimate of drug-likeness (QED) is 0.0320. The van der Waals surface area contributed by atoms with Gasteiger partial charge in [-0.2, -0.15) is 0 Å². The van der Waals surface area contributed by atoms with Crippen LogP contribution in [0.25, 0.3) is 0 Å². The van der Waals surface area contributed by atoms with Gasteiger partial charge in [0.1, 0.15) is 0 Å². The molecule has 0 aliphatic carbocycles. The second kappa shape index (κ2) is 60.9. The second-order valence-corrected chi connectivity index (χ2v) is 22.1. The molecule has 0 rings (SSSR count). The Labute approximate surface area is 443 Å². The van der Waals surface area contributed by atoms with Crippen molar-refractivity contribution in [1.29, 1.82) is 0 Å². The Kier molecular flexibility index (Phi) is 59.5. The molecule has 2 unspecified atom stereocenters. The van der Waals surface area contributed by atoms with E-state index in [4.69, 9.17) is 4.74 Å². The summed E-state index contributed by atoms with van der Waals surface area (Å²) in [6.07, 6.45) is 74.8. The van der Waals surface area contributed by atoms with E-state index in [0.29, 0.717) is 25.9 Å². The van der Waals surface area contributed by atoms with E-state index in [1.807, 2.05) is 0 Å². The average Bonchev–Trinajstić information content (AvgIpc) is 3.37. The highest BCUT2D eigenvalue weighted by atomic mass is 16.5. The average molecular weight is 1000 g/mol. The van der Waals surface area contributed by atoms with E-state index in [1.165, 1.54) is 276 Å². The Morgan fingerprint density at radius 2 is 0.676 bits per heavy atom. The van der Waals surface area contributed by atoms with Crippen molar-refractivity contribution in [3.63, 3.8) is 0 Å². The lowest BCUT2D eigenvalue weighted by Crippen LogP contribution is -2.45. The van der Waals surface area contributed by atoms with E-state index in [1.54, 1.807) is 0 Å². The molecule has 2 atom stereocenters. The molecule has 0 aromatic heterocycles. The molecule has 0 heterocycles. The van der Waals surface area contributed by atoms with Crippen molar-refractivity contribution < 1.29 is 24.5 Å². The first kappa shape index (κ1) is 69.3. The maximum atomic E-state index is 12.5. The minimum absolute atomic E-state index is 0.00233. The number of aliphatic hydroxyl groups excluding tert-OH is 2. The number of ether oxygens (including phenoxy) is 1. The van der Waals surface area contributed by atoms with Crippen LogP contribution in [-0.2, 0) is 14.3 Å². The van der Waals surface area contributed by atoms with Crippen LogP contribution in [0, 0.1) is 0 Å². The van der Waals surface area contributed by atoms with E-state index < -0.39 is 12.1 Å². The molecule has 420 valence electrons. The summed E-state index contributed by atoms with van der Waals surface area (Å²) in [4.78, 5) is 24.5. The summed E-state index contributed by atoms with van der Waals surface area (Å²) in [6, 6.07) is -0.548. The monoisotopic (exact) mass is 1000 g/mol. The smallest absolute Gasteiger partial charge is 0.305 e. The van der Waals surface area contributed by atoms with E-state index in [2.05, 4.69) is 43.5 Å². The number of carbonyl (C=O) groups excluding carboxylic acids is 2. The molecule has 0 aliphatic rings. The summed E-state index contributed by atoms with van der Waals surface area (Å²) in [5, 5.41) is 23.4. The highest BCUT2D eigenvalue weighted by Crippen LogP contribution is 2.18. The molecular formula is C65H125NO5. The molecule has 0 aromatic rings. The Hall–Kier alpha value is -1.66. The van der Waals surface area contributed by atoms with Gasteiger partial charge in [0.05, 0.1) is 25.4 Å². The van der Waals surface area contributed by atoms with Crippen molar-refractivity contribution in [2.75, 3.05) is 13.2 Å². The molecule has 71 heavy (non-hydrogen) atoms. The number of nitrogens with one attached hydrogen (secondary N) is 1. The van der Waals surface area contributed by atoms with Crippen molar-refractivity contribution in [1.82, 2.24) is 5.32 Å². The second-order valence-electron chi connectivity index (χ2n) is 22.1. The van der Waals surface area contributed by atoms with Crippen molar-refractivity contribution in [2.24, 2.45) is 0 Å². The fourth-order valence-electron chi connectivity index (χ4n) is 10.0. The lowest BCUT2D eigenvalue weighted by atomic mass is 10.0. The summed E-state index contributed by atoms with van der Waals surface area (Å²) in [7, 11) is 0. The molecule has 3 N–H and O–H groups in total. The molecule has 0 aromatic carbocycles. The molecule has 1 amide bonds. The van der Waals surface area contributed by atoms with Gasteiger partial charge in [0.25, 0.3) is 0 Å². The molecular weight excluding hydrogens is 875 g/mol. The van der Waals surface area contributed by atoms with Crippen LogP contribution in [0.5, 0.6) is 0 Å². The SMILES string of the molecule is CCCC/C=C\CCCCCCCC(=O)OCCCCCCCCCCCC/C=C\CCCCCCCCCC(=O)NC(CO)C(O)CCCCCCCCCCCCCCCCCCCCCCCC. The van der Waals surface area contributed by atoms with Gasteiger partial charge in [-0.1, -0.05) is 295 Å². The molecule has 0 saturated carbocycles. The number of hydrogen-bond donors (Lipinski definition) is 3. The van der Waals surface area contributed by atoms with Gasteiger partial charge < -0.3 is 20.3 Å². The zero-order valence-corrected chi connectivity index (χ0v) is 48.0.